The summed E-state index contributed by atoms with van der Waals surface area (Å²) in [5, 5.41) is 1.64. The summed E-state index contributed by atoms with van der Waals surface area (Å²) in [6.07, 6.45) is 1.80. The Bertz CT molecular complexity index is 700. The zero-order chi connectivity index (χ0) is 14.3. The van der Waals surface area contributed by atoms with Gasteiger partial charge in [0.05, 0.1) is 11.6 Å². The minimum absolute atomic E-state index is 0.0493. The van der Waals surface area contributed by atoms with Gasteiger partial charge in [0.15, 0.2) is 0 Å². The summed E-state index contributed by atoms with van der Waals surface area (Å²) < 4.78 is 0. The van der Waals surface area contributed by atoms with Gasteiger partial charge in [0.2, 0.25) is 5.78 Å². The van der Waals surface area contributed by atoms with Crippen molar-refractivity contribution in [1.82, 2.24) is 4.98 Å². The molecule has 1 aromatic carbocycles. The van der Waals surface area contributed by atoms with Crippen LogP contribution in [0.3, 0.4) is 0 Å². The van der Waals surface area contributed by atoms with E-state index in [1.165, 1.54) is 5.56 Å². The minimum atomic E-state index is 0.0493. The van der Waals surface area contributed by atoms with Gasteiger partial charge in [-0.05, 0) is 24.5 Å². The molecule has 3 nitrogen and oxygen atoms in total. The van der Waals surface area contributed by atoms with Crippen LogP contribution in [0.1, 0.15) is 29.8 Å². The molecule has 2 aromatic rings. The number of H-pyrrole nitrogens is 1. The third kappa shape index (κ3) is 2.29. The van der Waals surface area contributed by atoms with Gasteiger partial charge in [0.1, 0.15) is 5.04 Å². The number of benzene rings is 1. The predicted molar refractivity (Wildman–Crippen MR) is 85.9 cm³/mol. The maximum atomic E-state index is 12.6. The molecule has 1 aliphatic heterocycles. The van der Waals surface area contributed by atoms with E-state index in [4.69, 9.17) is 0 Å². The van der Waals surface area contributed by atoms with Crippen molar-refractivity contribution in [3.63, 3.8) is 0 Å². The zero-order valence-corrected chi connectivity index (χ0v) is 12.8. The number of rotatable bonds is 3. The monoisotopic (exact) mass is 286 g/mol. The van der Waals surface area contributed by atoms with Crippen LogP contribution in [0.2, 0.25) is 0 Å². The number of aromatic amines is 1. The van der Waals surface area contributed by atoms with Gasteiger partial charge in [-0.15, -0.1) is 11.8 Å². The van der Waals surface area contributed by atoms with E-state index < -0.39 is 0 Å². The molecule has 0 aliphatic carbocycles. The number of nitrogens with one attached hydrogen (secondary N) is 1. The van der Waals surface area contributed by atoms with Crippen molar-refractivity contribution in [3.05, 3.63) is 35.5 Å². The largest absolute Gasteiger partial charge is 0.360 e. The molecule has 2 heterocycles. The molecule has 0 spiro atoms. The number of aryl methyl sites for hydroxylation is 1. The smallest absolute Gasteiger partial charge is 0.219 e. The van der Waals surface area contributed by atoms with Crippen molar-refractivity contribution in [2.75, 3.05) is 5.75 Å². The summed E-state index contributed by atoms with van der Waals surface area (Å²) in [5.41, 5.74) is 2.93. The van der Waals surface area contributed by atoms with Crippen LogP contribution in [-0.4, -0.2) is 27.6 Å². The summed E-state index contributed by atoms with van der Waals surface area (Å²) in [6.45, 7) is 6.35. The van der Waals surface area contributed by atoms with Crippen molar-refractivity contribution in [2.45, 2.75) is 26.8 Å². The summed E-state index contributed by atoms with van der Waals surface area (Å²) in [7, 11) is 0. The molecule has 0 bridgehead atoms. The van der Waals surface area contributed by atoms with E-state index in [0.717, 1.165) is 22.2 Å². The molecule has 0 saturated heterocycles. The van der Waals surface area contributed by atoms with Crippen molar-refractivity contribution in [3.8, 4) is 0 Å². The number of fused-ring (bicyclic) bond motifs is 1. The van der Waals surface area contributed by atoms with E-state index in [-0.39, 0.29) is 11.8 Å². The predicted octanol–water partition coefficient (Wildman–Crippen LogP) is 3.83. The zero-order valence-electron chi connectivity index (χ0n) is 11.9. The number of carbonyl (C=O) groups excluding carboxylic acids is 1. The summed E-state index contributed by atoms with van der Waals surface area (Å²) >= 11 is 1.58. The summed E-state index contributed by atoms with van der Waals surface area (Å²) in [4.78, 5) is 20.4. The van der Waals surface area contributed by atoms with Crippen LogP contribution in [0, 0.1) is 12.8 Å². The second-order valence-corrected chi connectivity index (χ2v) is 6.65. The Morgan fingerprint density at radius 1 is 1.45 bits per heavy atom. The average Bonchev–Trinajstić information content (AvgIpc) is 3.04. The first-order valence-corrected chi connectivity index (χ1v) is 7.88. The van der Waals surface area contributed by atoms with Gasteiger partial charge in [0.25, 0.3) is 0 Å². The fourth-order valence-electron chi connectivity index (χ4n) is 2.40. The Kier molecular flexibility index (Phi) is 3.42. The number of aliphatic imine (C=N–C) groups is 1. The summed E-state index contributed by atoms with van der Waals surface area (Å²) in [6, 6.07) is 6.38. The highest BCUT2D eigenvalue weighted by atomic mass is 32.2. The molecular formula is C16H18N2OS. The van der Waals surface area contributed by atoms with E-state index in [0.29, 0.717) is 11.0 Å². The van der Waals surface area contributed by atoms with Gasteiger partial charge in [0, 0.05) is 22.9 Å². The number of hydrogen-bond acceptors (Lipinski definition) is 3. The van der Waals surface area contributed by atoms with E-state index in [1.54, 1.807) is 18.0 Å². The first-order valence-electron chi connectivity index (χ1n) is 6.89. The normalized spacial score (nSPS) is 18.8. The SMILES string of the molecule is Cc1ccc2c(C(=O)C3=NC(C(C)C)CS3)c[nH]c2c1. The molecule has 0 amide bonds. The molecule has 4 heteroatoms. The average molecular weight is 286 g/mol. The molecular weight excluding hydrogens is 268 g/mol. The number of hydrogen-bond donors (Lipinski definition) is 1. The Balaban J connectivity index is 1.96. The molecule has 1 aliphatic rings. The number of Topliss-reactive ketones (excluding diaryl/α,β-unsaturated/α-hetero) is 1. The Morgan fingerprint density at radius 2 is 2.25 bits per heavy atom. The molecule has 1 atom stereocenters. The maximum absolute atomic E-state index is 12.6. The van der Waals surface area contributed by atoms with Crippen LogP contribution < -0.4 is 0 Å². The van der Waals surface area contributed by atoms with Gasteiger partial charge >= 0.3 is 0 Å². The highest BCUT2D eigenvalue weighted by Gasteiger charge is 2.27. The molecule has 0 radical (unpaired) electrons. The van der Waals surface area contributed by atoms with Crippen LogP contribution in [0.25, 0.3) is 10.9 Å². The van der Waals surface area contributed by atoms with Gasteiger partial charge in [-0.25, -0.2) is 0 Å². The van der Waals surface area contributed by atoms with E-state index >= 15 is 0 Å². The lowest BCUT2D eigenvalue weighted by Gasteiger charge is -2.07. The standard InChI is InChI=1S/C16H18N2OS/c1-9(2)14-8-20-16(18-14)15(19)12-7-17-13-6-10(3)4-5-11(12)13/h4-7,9,14,17H,8H2,1-3H3. The lowest BCUT2D eigenvalue weighted by Crippen LogP contribution is -2.12. The van der Waals surface area contributed by atoms with Crippen molar-refractivity contribution in [1.29, 1.82) is 0 Å². The van der Waals surface area contributed by atoms with Crippen molar-refractivity contribution in [2.24, 2.45) is 10.9 Å². The van der Waals surface area contributed by atoms with Gasteiger partial charge in [-0.1, -0.05) is 26.0 Å². The number of nitrogens with zero attached hydrogens (tertiary/aromatic N) is 1. The Labute approximate surface area is 122 Å². The van der Waals surface area contributed by atoms with Crippen LogP contribution in [-0.2, 0) is 0 Å². The number of ketones is 1. The molecule has 0 fully saturated rings. The lowest BCUT2D eigenvalue weighted by molar-refractivity contribution is 0.107. The van der Waals surface area contributed by atoms with Crippen molar-refractivity contribution < 1.29 is 4.79 Å². The number of carbonyl (C=O) groups is 1. The molecule has 104 valence electrons. The highest BCUT2D eigenvalue weighted by Crippen LogP contribution is 2.28. The first kappa shape index (κ1) is 13.4. The molecule has 0 saturated carbocycles. The molecule has 1 aromatic heterocycles. The highest BCUT2D eigenvalue weighted by molar-refractivity contribution is 8.16. The van der Waals surface area contributed by atoms with Crippen LogP contribution in [0.4, 0.5) is 0 Å². The molecule has 3 rings (SSSR count). The topological polar surface area (TPSA) is 45.2 Å². The first-order chi connectivity index (χ1) is 9.56. The maximum Gasteiger partial charge on any atom is 0.219 e. The number of thioether (sulfide) groups is 1. The fraction of sp³-hybridized carbons (Fsp3) is 0.375. The van der Waals surface area contributed by atoms with Crippen LogP contribution in [0.5, 0.6) is 0 Å². The fourth-order valence-corrected chi connectivity index (χ4v) is 3.64. The van der Waals surface area contributed by atoms with Gasteiger partial charge < -0.3 is 4.98 Å². The lowest BCUT2D eigenvalue weighted by atomic mass is 10.1. The summed E-state index contributed by atoms with van der Waals surface area (Å²) in [5.74, 6) is 1.45. The molecule has 1 unspecified atom stereocenters. The minimum Gasteiger partial charge on any atom is -0.360 e. The molecule has 20 heavy (non-hydrogen) atoms. The Hall–Kier alpha value is -1.55. The van der Waals surface area contributed by atoms with Crippen molar-refractivity contribution >= 4 is 33.5 Å². The second-order valence-electron chi connectivity index (χ2n) is 5.64. The van der Waals surface area contributed by atoms with Gasteiger partial charge in [-0.2, -0.15) is 0 Å². The third-order valence-electron chi connectivity index (χ3n) is 3.72. The third-order valence-corrected chi connectivity index (χ3v) is 4.79. The van der Waals surface area contributed by atoms with Crippen LogP contribution in [0.15, 0.2) is 29.4 Å². The Morgan fingerprint density at radius 3 is 2.95 bits per heavy atom. The number of aromatic nitrogens is 1. The molecule has 1 N–H and O–H groups in total. The van der Waals surface area contributed by atoms with E-state index in [2.05, 4.69) is 29.9 Å². The second kappa shape index (κ2) is 5.09. The quantitative estimate of drug-likeness (QED) is 0.872. The van der Waals surface area contributed by atoms with E-state index in [1.807, 2.05) is 19.1 Å². The van der Waals surface area contributed by atoms with Crippen LogP contribution >= 0.6 is 11.8 Å². The van der Waals surface area contributed by atoms with E-state index in [9.17, 15) is 4.79 Å². The van der Waals surface area contributed by atoms with Gasteiger partial charge in [-0.3, -0.25) is 9.79 Å².